The lowest BCUT2D eigenvalue weighted by Crippen LogP contribution is -2.05. The molecule has 0 radical (unpaired) electrons. The molecule has 0 saturated carbocycles. The van der Waals surface area contributed by atoms with Crippen LogP contribution in [-0.2, 0) is 0 Å². The summed E-state index contributed by atoms with van der Waals surface area (Å²) in [7, 11) is 0. The molecule has 0 aliphatic carbocycles. The van der Waals surface area contributed by atoms with Crippen LogP contribution in [0.15, 0.2) is 97.2 Å². The number of carbonyl (C=O) groups is 1. The smallest absolute Gasteiger partial charge is 0.188 e. The zero-order valence-electron chi connectivity index (χ0n) is 17.1. The summed E-state index contributed by atoms with van der Waals surface area (Å²) < 4.78 is 0. The highest BCUT2D eigenvalue weighted by molar-refractivity contribution is 6.16. The van der Waals surface area contributed by atoms with E-state index in [1.165, 1.54) is 0 Å². The van der Waals surface area contributed by atoms with Crippen LogP contribution < -0.4 is 0 Å². The van der Waals surface area contributed by atoms with Crippen LogP contribution >= 0.6 is 0 Å². The number of carbonyl (C=O) groups excluding carboxylic acids is 1. The van der Waals surface area contributed by atoms with E-state index >= 15 is 0 Å². The van der Waals surface area contributed by atoms with E-state index in [0.29, 0.717) is 5.56 Å². The number of allylic oxidation sites excluding steroid dienone is 1. The normalized spacial score (nSPS) is 11.4. The van der Waals surface area contributed by atoms with Crippen LogP contribution in [-0.4, -0.2) is 15.8 Å². The molecular weight excluding hydrogens is 380 g/mol. The first-order valence-electron chi connectivity index (χ1n) is 10.2. The van der Waals surface area contributed by atoms with Gasteiger partial charge in [-0.15, -0.1) is 0 Å². The molecular formula is C28H20N2O. The maximum Gasteiger partial charge on any atom is 0.188 e. The predicted molar refractivity (Wildman–Crippen MR) is 127 cm³/mol. The first-order chi connectivity index (χ1) is 15.2. The highest BCUT2D eigenvalue weighted by Gasteiger charge is 2.18. The quantitative estimate of drug-likeness (QED) is 0.250. The number of nitrogens with zero attached hydrogens (tertiary/aromatic N) is 2. The SMILES string of the molecule is Cc1nc2ccccc2c(-c2ccccc2)c1C(=O)/C=C/c1cccc2cccnc12. The van der Waals surface area contributed by atoms with Crippen LogP contribution in [0, 0.1) is 6.92 Å². The average molecular weight is 400 g/mol. The van der Waals surface area contributed by atoms with Crippen molar-refractivity contribution >= 4 is 33.7 Å². The molecule has 0 amide bonds. The number of pyridine rings is 2. The second kappa shape index (κ2) is 7.96. The zero-order valence-corrected chi connectivity index (χ0v) is 17.1. The molecule has 148 valence electrons. The van der Waals surface area contributed by atoms with E-state index in [-0.39, 0.29) is 5.78 Å². The second-order valence-electron chi connectivity index (χ2n) is 7.45. The number of rotatable bonds is 4. The molecule has 0 unspecified atom stereocenters. The van der Waals surface area contributed by atoms with Gasteiger partial charge in [0, 0.05) is 33.8 Å². The van der Waals surface area contributed by atoms with Crippen molar-refractivity contribution in [2.24, 2.45) is 0 Å². The van der Waals surface area contributed by atoms with E-state index in [0.717, 1.165) is 44.2 Å². The molecule has 0 N–H and O–H groups in total. The number of benzene rings is 3. The molecule has 0 aliphatic heterocycles. The summed E-state index contributed by atoms with van der Waals surface area (Å²) >= 11 is 0. The van der Waals surface area contributed by atoms with Gasteiger partial charge in [0.15, 0.2) is 5.78 Å². The Bertz CT molecular complexity index is 1450. The van der Waals surface area contributed by atoms with Gasteiger partial charge in [-0.05, 0) is 36.8 Å². The maximum atomic E-state index is 13.5. The zero-order chi connectivity index (χ0) is 21.2. The minimum absolute atomic E-state index is 0.0671. The standard InChI is InChI=1S/C28H20N2O/c1-19-26(25(31)17-16-22-12-7-11-21-13-8-18-29-28(21)22)27(20-9-3-2-4-10-20)23-14-5-6-15-24(23)30-19/h2-18H,1H3/b17-16+. The summed E-state index contributed by atoms with van der Waals surface area (Å²) in [6, 6.07) is 27.9. The monoisotopic (exact) mass is 400 g/mol. The van der Waals surface area contributed by atoms with Gasteiger partial charge in [0.2, 0.25) is 0 Å². The number of aryl methyl sites for hydroxylation is 1. The van der Waals surface area contributed by atoms with Crippen molar-refractivity contribution < 1.29 is 4.79 Å². The molecule has 3 heteroatoms. The van der Waals surface area contributed by atoms with Crippen LogP contribution in [0.25, 0.3) is 39.0 Å². The molecule has 31 heavy (non-hydrogen) atoms. The van der Waals surface area contributed by atoms with Crippen molar-refractivity contribution in [3.05, 3.63) is 114 Å². The highest BCUT2D eigenvalue weighted by Crippen LogP contribution is 2.33. The third-order valence-electron chi connectivity index (χ3n) is 5.46. The first-order valence-corrected chi connectivity index (χ1v) is 10.2. The number of aromatic nitrogens is 2. The number of hydrogen-bond acceptors (Lipinski definition) is 3. The van der Waals surface area contributed by atoms with Crippen LogP contribution in [0.3, 0.4) is 0 Å². The summed E-state index contributed by atoms with van der Waals surface area (Å²) in [4.78, 5) is 22.7. The van der Waals surface area contributed by atoms with E-state index < -0.39 is 0 Å². The molecule has 2 aromatic heterocycles. The number of para-hydroxylation sites is 2. The molecule has 5 rings (SSSR count). The van der Waals surface area contributed by atoms with Gasteiger partial charge in [-0.2, -0.15) is 0 Å². The largest absolute Gasteiger partial charge is 0.289 e. The van der Waals surface area contributed by atoms with Crippen molar-refractivity contribution in [1.82, 2.24) is 9.97 Å². The van der Waals surface area contributed by atoms with Crippen molar-refractivity contribution in [2.75, 3.05) is 0 Å². The van der Waals surface area contributed by atoms with Gasteiger partial charge in [0.05, 0.1) is 16.6 Å². The van der Waals surface area contributed by atoms with Gasteiger partial charge in [0.25, 0.3) is 0 Å². The Morgan fingerprint density at radius 1 is 0.839 bits per heavy atom. The van der Waals surface area contributed by atoms with Gasteiger partial charge in [-0.3, -0.25) is 14.8 Å². The van der Waals surface area contributed by atoms with Crippen LogP contribution in [0.5, 0.6) is 0 Å². The van der Waals surface area contributed by atoms with E-state index in [9.17, 15) is 4.79 Å². The van der Waals surface area contributed by atoms with E-state index in [1.807, 2.05) is 97.9 Å². The Balaban J connectivity index is 1.67. The number of fused-ring (bicyclic) bond motifs is 2. The fourth-order valence-corrected chi connectivity index (χ4v) is 4.05. The van der Waals surface area contributed by atoms with Gasteiger partial charge in [0.1, 0.15) is 0 Å². The van der Waals surface area contributed by atoms with E-state index in [2.05, 4.69) is 4.98 Å². The molecule has 2 heterocycles. The topological polar surface area (TPSA) is 42.9 Å². The van der Waals surface area contributed by atoms with E-state index in [1.54, 1.807) is 12.3 Å². The maximum absolute atomic E-state index is 13.5. The average Bonchev–Trinajstić information content (AvgIpc) is 2.82. The van der Waals surface area contributed by atoms with E-state index in [4.69, 9.17) is 4.98 Å². The molecule has 0 spiro atoms. The molecule has 5 aromatic rings. The molecule has 0 fully saturated rings. The van der Waals surface area contributed by atoms with Crippen molar-refractivity contribution in [3.63, 3.8) is 0 Å². The molecule has 3 nitrogen and oxygen atoms in total. The Hall–Kier alpha value is -4.11. The Kier molecular flexibility index (Phi) is 4.85. The van der Waals surface area contributed by atoms with Crippen molar-refractivity contribution in [3.8, 4) is 11.1 Å². The van der Waals surface area contributed by atoms with Gasteiger partial charge in [-0.1, -0.05) is 72.8 Å². The Morgan fingerprint density at radius 3 is 2.48 bits per heavy atom. The lowest BCUT2D eigenvalue weighted by molar-refractivity contribution is 0.104. The minimum Gasteiger partial charge on any atom is -0.289 e. The molecule has 3 aromatic carbocycles. The second-order valence-corrected chi connectivity index (χ2v) is 7.45. The fraction of sp³-hybridized carbons (Fsp3) is 0.0357. The summed E-state index contributed by atoms with van der Waals surface area (Å²) in [5.74, 6) is -0.0671. The Morgan fingerprint density at radius 2 is 1.61 bits per heavy atom. The van der Waals surface area contributed by atoms with Gasteiger partial charge < -0.3 is 0 Å². The predicted octanol–water partition coefficient (Wildman–Crippen LogP) is 6.65. The summed E-state index contributed by atoms with van der Waals surface area (Å²) in [5, 5.41) is 2.02. The molecule has 0 bridgehead atoms. The lowest BCUT2D eigenvalue weighted by Gasteiger charge is -2.14. The van der Waals surface area contributed by atoms with Crippen LogP contribution in [0.1, 0.15) is 21.6 Å². The number of hydrogen-bond donors (Lipinski definition) is 0. The molecule has 0 aliphatic rings. The molecule has 0 saturated heterocycles. The Labute approximate surface area is 180 Å². The van der Waals surface area contributed by atoms with Crippen molar-refractivity contribution in [2.45, 2.75) is 6.92 Å². The first kappa shape index (κ1) is 18.9. The highest BCUT2D eigenvalue weighted by atomic mass is 16.1. The van der Waals surface area contributed by atoms with Crippen LogP contribution in [0.4, 0.5) is 0 Å². The summed E-state index contributed by atoms with van der Waals surface area (Å²) in [6.07, 6.45) is 5.25. The fourth-order valence-electron chi connectivity index (χ4n) is 4.05. The third kappa shape index (κ3) is 3.51. The summed E-state index contributed by atoms with van der Waals surface area (Å²) in [5.41, 5.74) is 5.97. The van der Waals surface area contributed by atoms with Crippen LogP contribution in [0.2, 0.25) is 0 Å². The minimum atomic E-state index is -0.0671. The van der Waals surface area contributed by atoms with Crippen molar-refractivity contribution in [1.29, 1.82) is 0 Å². The lowest BCUT2D eigenvalue weighted by atomic mass is 9.92. The summed E-state index contributed by atoms with van der Waals surface area (Å²) in [6.45, 7) is 1.90. The number of ketones is 1. The third-order valence-corrected chi connectivity index (χ3v) is 5.46. The van der Waals surface area contributed by atoms with Gasteiger partial charge in [-0.25, -0.2) is 0 Å². The van der Waals surface area contributed by atoms with Gasteiger partial charge >= 0.3 is 0 Å². The molecule has 0 atom stereocenters.